The number of ether oxygens (including phenoxy) is 1. The van der Waals surface area contributed by atoms with Gasteiger partial charge in [-0.1, -0.05) is 42.0 Å². The maximum atomic E-state index is 14.2. The molecule has 0 radical (unpaired) electrons. The van der Waals surface area contributed by atoms with Gasteiger partial charge in [0.2, 0.25) is 0 Å². The Kier molecular flexibility index (Phi) is 7.92. The van der Waals surface area contributed by atoms with Gasteiger partial charge in [-0.05, 0) is 38.5 Å². The SMILES string of the molecule is CCOC(=O)C1=C(CN2CCN(C(=O)c3ccccc3F)[C@@H](C)C2)N(C)C(=O)N[C@H]1c1ccc(C)cc1. The molecule has 1 N–H and O–H groups in total. The fourth-order valence-electron chi connectivity index (χ4n) is 4.89. The van der Waals surface area contributed by atoms with Gasteiger partial charge in [0.05, 0.1) is 23.8 Å². The molecule has 196 valence electrons. The topological polar surface area (TPSA) is 82.2 Å². The second kappa shape index (κ2) is 11.1. The first-order valence-electron chi connectivity index (χ1n) is 12.5. The van der Waals surface area contributed by atoms with E-state index in [0.717, 1.165) is 11.1 Å². The molecule has 2 aliphatic heterocycles. The lowest BCUT2D eigenvalue weighted by molar-refractivity contribution is -0.139. The minimum absolute atomic E-state index is 0.0553. The van der Waals surface area contributed by atoms with Crippen molar-refractivity contribution in [2.45, 2.75) is 32.9 Å². The number of nitrogens with zero attached hydrogens (tertiary/aromatic N) is 3. The zero-order chi connectivity index (χ0) is 26.7. The Morgan fingerprint density at radius 3 is 2.46 bits per heavy atom. The Hall–Kier alpha value is -3.72. The molecule has 2 heterocycles. The number of piperazine rings is 1. The van der Waals surface area contributed by atoms with Crippen LogP contribution in [0.4, 0.5) is 9.18 Å². The number of carbonyl (C=O) groups excluding carboxylic acids is 3. The van der Waals surface area contributed by atoms with Gasteiger partial charge in [0.1, 0.15) is 5.82 Å². The van der Waals surface area contributed by atoms with E-state index < -0.39 is 17.8 Å². The Morgan fingerprint density at radius 1 is 1.11 bits per heavy atom. The summed E-state index contributed by atoms with van der Waals surface area (Å²) in [5, 5.41) is 2.93. The van der Waals surface area contributed by atoms with Crippen LogP contribution in [-0.4, -0.2) is 78.5 Å². The van der Waals surface area contributed by atoms with Crippen LogP contribution in [0.1, 0.15) is 41.4 Å². The molecule has 4 rings (SSSR count). The van der Waals surface area contributed by atoms with Crippen molar-refractivity contribution in [2.75, 3.05) is 39.8 Å². The number of benzene rings is 2. The number of hydrogen-bond acceptors (Lipinski definition) is 5. The number of rotatable bonds is 6. The van der Waals surface area contributed by atoms with Gasteiger partial charge in [0.25, 0.3) is 5.91 Å². The first-order valence-corrected chi connectivity index (χ1v) is 12.5. The molecule has 2 aromatic carbocycles. The summed E-state index contributed by atoms with van der Waals surface area (Å²) in [5.41, 5.74) is 2.88. The van der Waals surface area contributed by atoms with Gasteiger partial charge >= 0.3 is 12.0 Å². The average molecular weight is 509 g/mol. The van der Waals surface area contributed by atoms with E-state index in [1.807, 2.05) is 38.1 Å². The summed E-state index contributed by atoms with van der Waals surface area (Å²) < 4.78 is 19.6. The van der Waals surface area contributed by atoms with Crippen LogP contribution < -0.4 is 5.32 Å². The summed E-state index contributed by atoms with van der Waals surface area (Å²) in [7, 11) is 1.64. The van der Waals surface area contributed by atoms with Gasteiger partial charge in [-0.25, -0.2) is 14.0 Å². The van der Waals surface area contributed by atoms with Gasteiger partial charge in [0.15, 0.2) is 0 Å². The van der Waals surface area contributed by atoms with Crippen LogP contribution in [0.2, 0.25) is 0 Å². The molecule has 1 saturated heterocycles. The zero-order valence-electron chi connectivity index (χ0n) is 21.7. The van der Waals surface area contributed by atoms with E-state index in [-0.39, 0.29) is 30.2 Å². The minimum atomic E-state index is -0.639. The number of halogens is 1. The van der Waals surface area contributed by atoms with E-state index in [1.165, 1.54) is 17.0 Å². The van der Waals surface area contributed by atoms with Crippen LogP contribution in [0.15, 0.2) is 59.8 Å². The number of amides is 3. The highest BCUT2D eigenvalue weighted by molar-refractivity contribution is 5.95. The summed E-state index contributed by atoms with van der Waals surface area (Å²) >= 11 is 0. The summed E-state index contributed by atoms with van der Waals surface area (Å²) in [4.78, 5) is 44.3. The Labute approximate surface area is 216 Å². The maximum absolute atomic E-state index is 14.2. The fourth-order valence-corrected chi connectivity index (χ4v) is 4.89. The molecule has 9 heteroatoms. The Balaban J connectivity index is 1.60. The van der Waals surface area contributed by atoms with Crippen molar-refractivity contribution in [1.82, 2.24) is 20.0 Å². The van der Waals surface area contributed by atoms with E-state index in [9.17, 15) is 18.8 Å². The average Bonchev–Trinajstić information content (AvgIpc) is 2.87. The van der Waals surface area contributed by atoms with E-state index in [1.54, 1.807) is 31.0 Å². The third kappa shape index (κ3) is 5.51. The lowest BCUT2D eigenvalue weighted by Gasteiger charge is -2.42. The molecular weight excluding hydrogens is 475 g/mol. The highest BCUT2D eigenvalue weighted by Crippen LogP contribution is 2.32. The number of carbonyl (C=O) groups is 3. The summed E-state index contributed by atoms with van der Waals surface area (Å²) in [5.74, 6) is -1.36. The van der Waals surface area contributed by atoms with E-state index in [4.69, 9.17) is 4.74 Å². The van der Waals surface area contributed by atoms with Crippen molar-refractivity contribution >= 4 is 17.9 Å². The molecule has 8 nitrogen and oxygen atoms in total. The van der Waals surface area contributed by atoms with Crippen LogP contribution in [0.3, 0.4) is 0 Å². The quantitative estimate of drug-likeness (QED) is 0.604. The van der Waals surface area contributed by atoms with Crippen LogP contribution in [0.25, 0.3) is 0 Å². The third-order valence-corrected chi connectivity index (χ3v) is 6.93. The second-order valence-corrected chi connectivity index (χ2v) is 9.50. The highest BCUT2D eigenvalue weighted by Gasteiger charge is 2.38. The number of nitrogens with one attached hydrogen (secondary N) is 1. The minimum Gasteiger partial charge on any atom is -0.463 e. The van der Waals surface area contributed by atoms with Crippen LogP contribution >= 0.6 is 0 Å². The lowest BCUT2D eigenvalue weighted by Crippen LogP contribution is -2.56. The van der Waals surface area contributed by atoms with Gasteiger partial charge in [-0.15, -0.1) is 0 Å². The van der Waals surface area contributed by atoms with Crippen molar-refractivity contribution < 1.29 is 23.5 Å². The summed E-state index contributed by atoms with van der Waals surface area (Å²) in [6, 6.07) is 12.5. The monoisotopic (exact) mass is 508 g/mol. The van der Waals surface area contributed by atoms with Gasteiger partial charge in [0, 0.05) is 45.0 Å². The van der Waals surface area contributed by atoms with E-state index in [0.29, 0.717) is 37.4 Å². The molecule has 2 atom stereocenters. The molecule has 37 heavy (non-hydrogen) atoms. The summed E-state index contributed by atoms with van der Waals surface area (Å²) in [6.45, 7) is 7.58. The number of likely N-dealkylation sites (N-methyl/N-ethyl adjacent to an activating group) is 1. The van der Waals surface area contributed by atoms with Crippen molar-refractivity contribution in [3.05, 3.63) is 82.3 Å². The number of hydrogen-bond donors (Lipinski definition) is 1. The van der Waals surface area contributed by atoms with Crippen LogP contribution in [-0.2, 0) is 9.53 Å². The maximum Gasteiger partial charge on any atom is 0.338 e. The second-order valence-electron chi connectivity index (χ2n) is 9.50. The first kappa shape index (κ1) is 26.3. The molecule has 2 aliphatic rings. The van der Waals surface area contributed by atoms with Crippen molar-refractivity contribution in [3.8, 4) is 0 Å². The first-order chi connectivity index (χ1) is 17.7. The smallest absolute Gasteiger partial charge is 0.338 e. The normalized spacial score (nSPS) is 20.6. The fraction of sp³-hybridized carbons (Fsp3) is 0.393. The molecule has 0 bridgehead atoms. The molecule has 3 amide bonds. The third-order valence-electron chi connectivity index (χ3n) is 6.93. The molecule has 0 spiro atoms. The predicted octanol–water partition coefficient (Wildman–Crippen LogP) is 3.49. The molecular formula is C28H33FN4O4. The number of esters is 1. The highest BCUT2D eigenvalue weighted by atomic mass is 19.1. The van der Waals surface area contributed by atoms with E-state index in [2.05, 4.69) is 10.2 Å². The van der Waals surface area contributed by atoms with Gasteiger partial charge < -0.3 is 15.0 Å². The molecule has 0 unspecified atom stereocenters. The van der Waals surface area contributed by atoms with Crippen LogP contribution in [0.5, 0.6) is 0 Å². The van der Waals surface area contributed by atoms with E-state index >= 15 is 0 Å². The van der Waals surface area contributed by atoms with Crippen molar-refractivity contribution in [1.29, 1.82) is 0 Å². The van der Waals surface area contributed by atoms with Crippen LogP contribution in [0, 0.1) is 12.7 Å². The van der Waals surface area contributed by atoms with Crippen molar-refractivity contribution in [3.63, 3.8) is 0 Å². The molecule has 0 aromatic heterocycles. The largest absolute Gasteiger partial charge is 0.463 e. The molecule has 2 aromatic rings. The zero-order valence-corrected chi connectivity index (χ0v) is 21.7. The van der Waals surface area contributed by atoms with Gasteiger partial charge in [-0.2, -0.15) is 0 Å². The number of aryl methyl sites for hydroxylation is 1. The summed E-state index contributed by atoms with van der Waals surface area (Å²) in [6.07, 6.45) is 0. The molecule has 1 fully saturated rings. The molecule has 0 saturated carbocycles. The Bertz CT molecular complexity index is 1210. The number of urea groups is 1. The lowest BCUT2D eigenvalue weighted by atomic mass is 9.93. The molecule has 0 aliphatic carbocycles. The van der Waals surface area contributed by atoms with Crippen molar-refractivity contribution in [2.24, 2.45) is 0 Å². The Morgan fingerprint density at radius 2 is 1.81 bits per heavy atom. The standard InChI is InChI=1S/C28H33FN4O4/c1-5-37-27(35)24-23(31(4)28(36)30-25(24)20-12-10-18(2)11-13-20)17-32-14-15-33(19(3)16-32)26(34)21-8-6-7-9-22(21)29/h6-13,19,25H,5,14-17H2,1-4H3,(H,30,36)/t19-,25-/m0/s1. The predicted molar refractivity (Wildman–Crippen MR) is 137 cm³/mol. The van der Waals surface area contributed by atoms with Gasteiger partial charge in [-0.3, -0.25) is 14.6 Å².